The molecule has 0 radical (unpaired) electrons. The molecule has 0 aliphatic carbocycles. The number of aryl methyl sites for hydroxylation is 1. The van der Waals surface area contributed by atoms with Crippen molar-refractivity contribution in [2.75, 3.05) is 11.4 Å². The van der Waals surface area contributed by atoms with Crippen molar-refractivity contribution in [1.82, 2.24) is 14.9 Å². The molecule has 0 bridgehead atoms. The van der Waals surface area contributed by atoms with E-state index in [9.17, 15) is 14.4 Å². The van der Waals surface area contributed by atoms with Crippen molar-refractivity contribution in [1.29, 1.82) is 0 Å². The van der Waals surface area contributed by atoms with Gasteiger partial charge in [0.2, 0.25) is 11.8 Å². The minimum atomic E-state index is -0.637. The highest BCUT2D eigenvalue weighted by Gasteiger charge is 2.31. The lowest BCUT2D eigenvalue weighted by Gasteiger charge is -2.35. The van der Waals surface area contributed by atoms with E-state index in [0.717, 1.165) is 41.7 Å². The molecular formula is C18H22N4O3. The highest BCUT2D eigenvalue weighted by molar-refractivity contribution is 6.00. The minimum absolute atomic E-state index is 0.252. The van der Waals surface area contributed by atoms with Crippen LogP contribution in [-0.2, 0) is 16.0 Å². The number of anilines is 1. The summed E-state index contributed by atoms with van der Waals surface area (Å²) >= 11 is 0. The molecule has 1 unspecified atom stereocenters. The van der Waals surface area contributed by atoms with E-state index in [4.69, 9.17) is 0 Å². The van der Waals surface area contributed by atoms with E-state index in [1.165, 1.54) is 4.57 Å². The molecule has 0 saturated carbocycles. The predicted octanol–water partition coefficient (Wildman–Crippen LogP) is 1.47. The summed E-state index contributed by atoms with van der Waals surface area (Å²) in [6.07, 6.45) is 2.55. The Morgan fingerprint density at radius 2 is 1.96 bits per heavy atom. The van der Waals surface area contributed by atoms with Crippen molar-refractivity contribution in [3.8, 4) is 0 Å². The summed E-state index contributed by atoms with van der Waals surface area (Å²) in [4.78, 5) is 41.5. The largest absolute Gasteiger partial charge is 0.369 e. The van der Waals surface area contributed by atoms with Crippen LogP contribution in [0, 0.1) is 0 Å². The Morgan fingerprint density at radius 3 is 2.68 bits per heavy atom. The van der Waals surface area contributed by atoms with Gasteiger partial charge in [0.25, 0.3) is 0 Å². The molecule has 132 valence electrons. The number of imide groups is 1. The lowest BCUT2D eigenvalue weighted by atomic mass is 9.98. The number of hydrogen-bond acceptors (Lipinski definition) is 4. The van der Waals surface area contributed by atoms with Crippen molar-refractivity contribution in [2.24, 2.45) is 0 Å². The fourth-order valence-corrected chi connectivity index (χ4v) is 4.08. The number of hydrogen-bond donors (Lipinski definition) is 2. The molecule has 2 amide bonds. The second-order valence-corrected chi connectivity index (χ2v) is 7.12. The molecule has 25 heavy (non-hydrogen) atoms. The zero-order chi connectivity index (χ0) is 17.7. The number of carbonyl (C=O) groups is 2. The first kappa shape index (κ1) is 15.9. The Labute approximate surface area is 145 Å². The van der Waals surface area contributed by atoms with Crippen LogP contribution in [0.5, 0.6) is 0 Å². The lowest BCUT2D eigenvalue weighted by molar-refractivity contribution is -0.135. The molecule has 2 aliphatic heterocycles. The standard InChI is InChI=1S/C18H22N4O3/c1-10(2)21-9-3-4-11-12(21)5-6-13-16(11)20-18(25)22(13)14-7-8-15(23)19-17(14)24/h5-6,10,14H,3-4,7-9H2,1-2H3,(H,20,25)(H,19,23,24). The smallest absolute Gasteiger partial charge is 0.327 e. The van der Waals surface area contributed by atoms with Crippen molar-refractivity contribution in [3.63, 3.8) is 0 Å². The van der Waals surface area contributed by atoms with Crippen LogP contribution in [0.2, 0.25) is 0 Å². The number of piperidine rings is 1. The number of fused-ring (bicyclic) bond motifs is 3. The molecule has 4 rings (SSSR count). The third-order valence-electron chi connectivity index (χ3n) is 5.26. The molecule has 1 atom stereocenters. The van der Waals surface area contributed by atoms with Gasteiger partial charge in [-0.1, -0.05) is 0 Å². The van der Waals surface area contributed by atoms with Crippen LogP contribution in [-0.4, -0.2) is 34.0 Å². The normalized spacial score (nSPS) is 20.9. The number of nitrogens with one attached hydrogen (secondary N) is 2. The van der Waals surface area contributed by atoms with Gasteiger partial charge in [0, 0.05) is 30.3 Å². The summed E-state index contributed by atoms with van der Waals surface area (Å²) in [5, 5.41) is 2.33. The second kappa shape index (κ2) is 5.75. The van der Waals surface area contributed by atoms with Gasteiger partial charge >= 0.3 is 5.69 Å². The predicted molar refractivity (Wildman–Crippen MR) is 94.8 cm³/mol. The van der Waals surface area contributed by atoms with Gasteiger partial charge in [0.15, 0.2) is 0 Å². The van der Waals surface area contributed by atoms with E-state index in [0.29, 0.717) is 12.5 Å². The van der Waals surface area contributed by atoms with Crippen LogP contribution in [0.3, 0.4) is 0 Å². The molecule has 1 aromatic heterocycles. The van der Waals surface area contributed by atoms with Gasteiger partial charge in [0.05, 0.1) is 11.0 Å². The van der Waals surface area contributed by atoms with E-state index in [1.807, 2.05) is 12.1 Å². The summed E-state index contributed by atoms with van der Waals surface area (Å²) in [7, 11) is 0. The van der Waals surface area contributed by atoms with Crippen LogP contribution >= 0.6 is 0 Å². The summed E-state index contributed by atoms with van der Waals surface area (Å²) in [6, 6.07) is 3.71. The Hall–Kier alpha value is -2.57. The molecule has 2 aromatic rings. The van der Waals surface area contributed by atoms with Crippen LogP contribution < -0.4 is 15.9 Å². The van der Waals surface area contributed by atoms with E-state index >= 15 is 0 Å². The van der Waals surface area contributed by atoms with E-state index in [1.54, 1.807) is 0 Å². The number of carbonyl (C=O) groups excluding carboxylic acids is 2. The number of imidazole rings is 1. The quantitative estimate of drug-likeness (QED) is 0.809. The average molecular weight is 342 g/mol. The summed E-state index contributed by atoms with van der Waals surface area (Å²) in [5.41, 5.74) is 3.56. The number of nitrogens with zero attached hydrogens (tertiary/aromatic N) is 2. The first-order chi connectivity index (χ1) is 12.0. The Morgan fingerprint density at radius 1 is 1.16 bits per heavy atom. The maximum Gasteiger partial charge on any atom is 0.327 e. The third-order valence-corrected chi connectivity index (χ3v) is 5.26. The zero-order valence-electron chi connectivity index (χ0n) is 14.5. The van der Waals surface area contributed by atoms with Crippen LogP contribution in [0.15, 0.2) is 16.9 Å². The molecule has 0 spiro atoms. The number of aromatic nitrogens is 2. The third kappa shape index (κ3) is 2.45. The number of rotatable bonds is 2. The van der Waals surface area contributed by atoms with E-state index in [-0.39, 0.29) is 18.0 Å². The maximum atomic E-state index is 12.6. The molecule has 7 heteroatoms. The summed E-state index contributed by atoms with van der Waals surface area (Å²) in [6.45, 7) is 5.33. The Bertz CT molecular complexity index is 924. The fourth-order valence-electron chi connectivity index (χ4n) is 4.08. The van der Waals surface area contributed by atoms with Gasteiger partial charge in [-0.2, -0.15) is 0 Å². The molecule has 1 saturated heterocycles. The highest BCUT2D eigenvalue weighted by Crippen LogP contribution is 2.34. The number of benzene rings is 1. The van der Waals surface area contributed by atoms with Gasteiger partial charge in [-0.25, -0.2) is 4.79 Å². The van der Waals surface area contributed by atoms with Crippen molar-refractivity contribution in [3.05, 3.63) is 28.2 Å². The van der Waals surface area contributed by atoms with Gasteiger partial charge in [-0.3, -0.25) is 19.5 Å². The van der Waals surface area contributed by atoms with Gasteiger partial charge < -0.3 is 9.88 Å². The molecule has 1 fully saturated rings. The Balaban J connectivity index is 1.86. The number of amides is 2. The molecule has 2 aliphatic rings. The molecular weight excluding hydrogens is 320 g/mol. The Kier molecular flexibility index (Phi) is 3.67. The van der Waals surface area contributed by atoms with Gasteiger partial charge in [-0.15, -0.1) is 0 Å². The van der Waals surface area contributed by atoms with Crippen LogP contribution in [0.4, 0.5) is 5.69 Å². The first-order valence-corrected chi connectivity index (χ1v) is 8.84. The van der Waals surface area contributed by atoms with Crippen LogP contribution in [0.25, 0.3) is 11.0 Å². The fraction of sp³-hybridized carbons (Fsp3) is 0.500. The number of aromatic amines is 1. The van der Waals surface area contributed by atoms with E-state index in [2.05, 4.69) is 29.0 Å². The minimum Gasteiger partial charge on any atom is -0.369 e. The SMILES string of the molecule is CC(C)N1CCCc2c1ccc1c2[nH]c(=O)n1C1CCC(=O)NC1=O. The zero-order valence-corrected chi connectivity index (χ0v) is 14.5. The van der Waals surface area contributed by atoms with Crippen LogP contribution in [0.1, 0.15) is 44.7 Å². The molecule has 3 heterocycles. The highest BCUT2D eigenvalue weighted by atomic mass is 16.2. The molecule has 2 N–H and O–H groups in total. The molecule has 1 aromatic carbocycles. The van der Waals surface area contributed by atoms with Gasteiger partial charge in [-0.05, 0) is 45.2 Å². The number of H-pyrrole nitrogens is 1. The van der Waals surface area contributed by atoms with Crippen molar-refractivity contribution < 1.29 is 9.59 Å². The topological polar surface area (TPSA) is 87.2 Å². The first-order valence-electron chi connectivity index (χ1n) is 8.84. The maximum absolute atomic E-state index is 12.6. The lowest BCUT2D eigenvalue weighted by Crippen LogP contribution is -2.43. The summed E-state index contributed by atoms with van der Waals surface area (Å²) in [5.74, 6) is -0.681. The van der Waals surface area contributed by atoms with Crippen molar-refractivity contribution >= 4 is 28.5 Å². The molecule has 7 nitrogen and oxygen atoms in total. The average Bonchev–Trinajstić information content (AvgIpc) is 2.91. The van der Waals surface area contributed by atoms with Crippen molar-refractivity contribution in [2.45, 2.75) is 51.6 Å². The summed E-state index contributed by atoms with van der Waals surface area (Å²) < 4.78 is 1.51. The second-order valence-electron chi connectivity index (χ2n) is 7.12. The monoisotopic (exact) mass is 342 g/mol. The van der Waals surface area contributed by atoms with E-state index < -0.39 is 11.9 Å². The van der Waals surface area contributed by atoms with Gasteiger partial charge in [0.1, 0.15) is 6.04 Å².